The van der Waals surface area contributed by atoms with E-state index < -0.39 is 11.5 Å². The van der Waals surface area contributed by atoms with Crippen molar-refractivity contribution < 1.29 is 14.7 Å². The van der Waals surface area contributed by atoms with Gasteiger partial charge >= 0.3 is 0 Å². The summed E-state index contributed by atoms with van der Waals surface area (Å²) in [7, 11) is 0. The molecule has 1 N–H and O–H groups in total. The predicted molar refractivity (Wildman–Crippen MR) is 125 cm³/mol. The van der Waals surface area contributed by atoms with Gasteiger partial charge in [-0.2, -0.15) is 0 Å². The number of ketones is 1. The third kappa shape index (κ3) is 4.21. The van der Waals surface area contributed by atoms with Crippen molar-refractivity contribution in [3.05, 3.63) is 99.5 Å². The van der Waals surface area contributed by atoms with Crippen LogP contribution in [-0.2, 0) is 23.2 Å². The molecular weight excluding hydrogens is 454 g/mol. The van der Waals surface area contributed by atoms with Gasteiger partial charge in [-0.3, -0.25) is 9.59 Å². The molecule has 1 amide bonds. The second-order valence-corrected chi connectivity index (χ2v) is 8.78. The minimum absolute atomic E-state index is 0.255. The SMILES string of the molecule is CCc1ccc(C(=O)C[C@@]2(O)C(=O)N(CCc3ccccc3)c3ccc(Br)cc32)cc1. The van der Waals surface area contributed by atoms with E-state index in [-0.39, 0.29) is 12.2 Å². The summed E-state index contributed by atoms with van der Waals surface area (Å²) in [6.07, 6.45) is 1.25. The third-order valence-corrected chi connectivity index (χ3v) is 6.35. The van der Waals surface area contributed by atoms with Gasteiger partial charge in [-0.05, 0) is 42.2 Å². The number of rotatable bonds is 7. The molecule has 0 aliphatic carbocycles. The van der Waals surface area contributed by atoms with Crippen molar-refractivity contribution in [2.45, 2.75) is 31.8 Å². The van der Waals surface area contributed by atoms with Crippen molar-refractivity contribution in [3.63, 3.8) is 0 Å². The molecule has 0 aromatic heterocycles. The number of aliphatic hydroxyl groups is 1. The predicted octanol–water partition coefficient (Wildman–Crippen LogP) is 5.06. The van der Waals surface area contributed by atoms with Gasteiger partial charge in [0.25, 0.3) is 5.91 Å². The van der Waals surface area contributed by atoms with Crippen molar-refractivity contribution in [2.75, 3.05) is 11.4 Å². The van der Waals surface area contributed by atoms with Crippen molar-refractivity contribution in [3.8, 4) is 0 Å². The van der Waals surface area contributed by atoms with Gasteiger partial charge in [0.2, 0.25) is 0 Å². The lowest BCUT2D eigenvalue weighted by atomic mass is 9.88. The smallest absolute Gasteiger partial charge is 0.264 e. The Morgan fingerprint density at radius 1 is 1.00 bits per heavy atom. The van der Waals surface area contributed by atoms with E-state index in [1.165, 1.54) is 0 Å². The monoisotopic (exact) mass is 477 g/mol. The van der Waals surface area contributed by atoms with Crippen LogP contribution in [0, 0.1) is 0 Å². The number of fused-ring (bicyclic) bond motifs is 1. The minimum Gasteiger partial charge on any atom is -0.375 e. The average molecular weight is 478 g/mol. The van der Waals surface area contributed by atoms with E-state index in [4.69, 9.17) is 0 Å². The number of carbonyl (C=O) groups excluding carboxylic acids is 2. The quantitative estimate of drug-likeness (QED) is 0.483. The highest BCUT2D eigenvalue weighted by atomic mass is 79.9. The molecule has 0 spiro atoms. The molecule has 0 unspecified atom stereocenters. The maximum atomic E-state index is 13.4. The fourth-order valence-electron chi connectivity index (χ4n) is 4.06. The van der Waals surface area contributed by atoms with E-state index >= 15 is 0 Å². The lowest BCUT2D eigenvalue weighted by Gasteiger charge is -2.23. The number of halogens is 1. The number of benzene rings is 3. The molecule has 0 fully saturated rings. The zero-order chi connectivity index (χ0) is 22.0. The molecule has 3 aromatic rings. The average Bonchev–Trinajstić information content (AvgIpc) is 2.99. The molecular formula is C26H24BrNO3. The Labute approximate surface area is 190 Å². The van der Waals surface area contributed by atoms with Gasteiger partial charge in [0.15, 0.2) is 11.4 Å². The van der Waals surface area contributed by atoms with E-state index in [1.807, 2.05) is 54.6 Å². The van der Waals surface area contributed by atoms with Crippen LogP contribution < -0.4 is 4.90 Å². The van der Waals surface area contributed by atoms with E-state index in [2.05, 4.69) is 22.9 Å². The van der Waals surface area contributed by atoms with Crippen molar-refractivity contribution >= 4 is 33.3 Å². The first kappa shape index (κ1) is 21.5. The van der Waals surface area contributed by atoms with Gasteiger partial charge in [0.1, 0.15) is 0 Å². The standard InChI is InChI=1S/C26H24BrNO3/c1-2-18-8-10-20(11-9-18)24(29)17-26(31)22-16-21(27)12-13-23(22)28(25(26)30)15-14-19-6-4-3-5-7-19/h3-13,16,31H,2,14-15,17H2,1H3/t26-/m0/s1. The van der Waals surface area contributed by atoms with Crippen molar-refractivity contribution in [1.82, 2.24) is 0 Å². The number of hydrogen-bond acceptors (Lipinski definition) is 3. The van der Waals surface area contributed by atoms with E-state index in [0.717, 1.165) is 22.0 Å². The van der Waals surface area contributed by atoms with Gasteiger partial charge in [0, 0.05) is 22.1 Å². The third-order valence-electron chi connectivity index (χ3n) is 5.86. The summed E-state index contributed by atoms with van der Waals surface area (Å²) in [5.74, 6) is -0.704. The molecule has 1 heterocycles. The molecule has 0 saturated heterocycles. The largest absolute Gasteiger partial charge is 0.375 e. The number of nitrogens with zero attached hydrogens (tertiary/aromatic N) is 1. The molecule has 4 nitrogen and oxygen atoms in total. The minimum atomic E-state index is -1.88. The Morgan fingerprint density at radius 3 is 2.39 bits per heavy atom. The second kappa shape index (κ2) is 8.77. The van der Waals surface area contributed by atoms with Gasteiger partial charge in [-0.25, -0.2) is 0 Å². The summed E-state index contributed by atoms with van der Waals surface area (Å²) in [6, 6.07) is 22.7. The topological polar surface area (TPSA) is 57.6 Å². The zero-order valence-electron chi connectivity index (χ0n) is 17.3. The summed E-state index contributed by atoms with van der Waals surface area (Å²) >= 11 is 3.43. The lowest BCUT2D eigenvalue weighted by Crippen LogP contribution is -2.42. The number of Topliss-reactive ketones (excluding diaryl/α,β-unsaturated/α-hetero) is 1. The van der Waals surface area contributed by atoms with Gasteiger partial charge < -0.3 is 10.0 Å². The Kier molecular flexibility index (Phi) is 6.08. The summed E-state index contributed by atoms with van der Waals surface area (Å²) < 4.78 is 0.752. The molecule has 158 valence electrons. The first-order valence-electron chi connectivity index (χ1n) is 10.4. The second-order valence-electron chi connectivity index (χ2n) is 7.86. The van der Waals surface area contributed by atoms with Gasteiger partial charge in [0.05, 0.1) is 12.1 Å². The fourth-order valence-corrected chi connectivity index (χ4v) is 4.42. The van der Waals surface area contributed by atoms with Crippen LogP contribution >= 0.6 is 15.9 Å². The first-order chi connectivity index (χ1) is 14.9. The van der Waals surface area contributed by atoms with Gasteiger partial charge in [-0.1, -0.05) is 77.5 Å². The fraction of sp³-hybridized carbons (Fsp3) is 0.231. The Hall–Kier alpha value is -2.76. The van der Waals surface area contributed by atoms with Crippen LogP contribution in [0.4, 0.5) is 5.69 Å². The van der Waals surface area contributed by atoms with Crippen LogP contribution in [0.15, 0.2) is 77.3 Å². The Balaban J connectivity index is 1.62. The first-order valence-corrected chi connectivity index (χ1v) is 11.2. The number of carbonyl (C=O) groups is 2. The van der Waals surface area contributed by atoms with Crippen LogP contribution in [0.1, 0.15) is 40.4 Å². The van der Waals surface area contributed by atoms with Crippen LogP contribution in [0.25, 0.3) is 0 Å². The van der Waals surface area contributed by atoms with E-state index in [9.17, 15) is 14.7 Å². The number of aryl methyl sites for hydroxylation is 1. The highest BCUT2D eigenvalue weighted by Crippen LogP contribution is 2.44. The number of anilines is 1. The van der Waals surface area contributed by atoms with E-state index in [0.29, 0.717) is 29.8 Å². The van der Waals surface area contributed by atoms with Crippen LogP contribution in [-0.4, -0.2) is 23.3 Å². The molecule has 0 saturated carbocycles. The molecule has 0 bridgehead atoms. The zero-order valence-corrected chi connectivity index (χ0v) is 18.9. The Bertz CT molecular complexity index is 1110. The normalized spacial score (nSPS) is 17.6. The molecule has 1 aliphatic rings. The van der Waals surface area contributed by atoms with Crippen LogP contribution in [0.3, 0.4) is 0 Å². The highest BCUT2D eigenvalue weighted by Gasteiger charge is 2.50. The summed E-state index contributed by atoms with van der Waals surface area (Å²) in [6.45, 7) is 2.48. The van der Waals surface area contributed by atoms with Crippen molar-refractivity contribution in [2.24, 2.45) is 0 Å². The maximum Gasteiger partial charge on any atom is 0.264 e. The van der Waals surface area contributed by atoms with Crippen LogP contribution in [0.2, 0.25) is 0 Å². The molecule has 5 heteroatoms. The van der Waals surface area contributed by atoms with Crippen molar-refractivity contribution in [1.29, 1.82) is 0 Å². The van der Waals surface area contributed by atoms with Crippen LogP contribution in [0.5, 0.6) is 0 Å². The summed E-state index contributed by atoms with van der Waals surface area (Å²) in [5, 5.41) is 11.5. The summed E-state index contributed by atoms with van der Waals surface area (Å²) in [4.78, 5) is 28.0. The molecule has 31 heavy (non-hydrogen) atoms. The highest BCUT2D eigenvalue weighted by molar-refractivity contribution is 9.10. The van der Waals surface area contributed by atoms with E-state index in [1.54, 1.807) is 23.1 Å². The lowest BCUT2D eigenvalue weighted by molar-refractivity contribution is -0.135. The molecule has 3 aromatic carbocycles. The molecule has 0 radical (unpaired) electrons. The Morgan fingerprint density at radius 2 is 1.71 bits per heavy atom. The number of hydrogen-bond donors (Lipinski definition) is 1. The maximum absolute atomic E-state index is 13.4. The van der Waals surface area contributed by atoms with Gasteiger partial charge in [-0.15, -0.1) is 0 Å². The molecule has 1 aliphatic heterocycles. The molecule has 1 atom stereocenters. The number of amides is 1. The summed E-state index contributed by atoms with van der Waals surface area (Å²) in [5.41, 5.74) is 1.98. The molecule has 4 rings (SSSR count).